The highest BCUT2D eigenvalue weighted by Gasteiger charge is 2.33. The first-order chi connectivity index (χ1) is 8.04. The standard InChI is InChI=1S/C12H10F2O3/c1-17-12(16)6-4-8-7(10(15)5-6)2-3-9(13)11(8)14/h2-3,6H,4-5H2,1H3. The van der Waals surface area contributed by atoms with Gasteiger partial charge in [-0.1, -0.05) is 0 Å². The number of esters is 1. The first-order valence-electron chi connectivity index (χ1n) is 5.12. The van der Waals surface area contributed by atoms with Crippen LogP contribution in [0.1, 0.15) is 22.3 Å². The lowest BCUT2D eigenvalue weighted by molar-refractivity contribution is -0.145. The second-order valence-electron chi connectivity index (χ2n) is 3.94. The molecule has 17 heavy (non-hydrogen) atoms. The number of Topliss-reactive ketones (excluding diaryl/α,β-unsaturated/α-hetero) is 1. The Labute approximate surface area is 96.4 Å². The van der Waals surface area contributed by atoms with Crippen LogP contribution in [0.3, 0.4) is 0 Å². The number of methoxy groups -OCH3 is 1. The van der Waals surface area contributed by atoms with Gasteiger partial charge in [-0.2, -0.15) is 0 Å². The molecule has 0 saturated carbocycles. The third kappa shape index (κ3) is 1.92. The second kappa shape index (κ2) is 4.24. The molecule has 1 atom stereocenters. The molecule has 0 spiro atoms. The van der Waals surface area contributed by atoms with Crippen LogP contribution in [0.2, 0.25) is 0 Å². The van der Waals surface area contributed by atoms with E-state index < -0.39 is 23.5 Å². The molecular formula is C12H10F2O3. The molecule has 0 fully saturated rings. The third-order valence-corrected chi connectivity index (χ3v) is 2.91. The number of fused-ring (bicyclic) bond motifs is 1. The summed E-state index contributed by atoms with van der Waals surface area (Å²) in [6.45, 7) is 0. The molecule has 0 radical (unpaired) electrons. The van der Waals surface area contributed by atoms with Crippen LogP contribution in [0.4, 0.5) is 8.78 Å². The number of hydrogen-bond donors (Lipinski definition) is 0. The maximum Gasteiger partial charge on any atom is 0.309 e. The molecule has 5 heteroatoms. The average Bonchev–Trinajstić information content (AvgIpc) is 2.33. The largest absolute Gasteiger partial charge is 0.469 e. The summed E-state index contributed by atoms with van der Waals surface area (Å²) in [5, 5.41) is 0. The fourth-order valence-corrected chi connectivity index (χ4v) is 2.04. The lowest BCUT2D eigenvalue weighted by Gasteiger charge is -2.22. The van der Waals surface area contributed by atoms with Gasteiger partial charge in [-0.3, -0.25) is 9.59 Å². The molecule has 1 unspecified atom stereocenters. The number of carbonyl (C=O) groups excluding carboxylic acids is 2. The van der Waals surface area contributed by atoms with Crippen molar-refractivity contribution in [3.05, 3.63) is 34.9 Å². The van der Waals surface area contributed by atoms with Gasteiger partial charge in [0.1, 0.15) is 0 Å². The number of ketones is 1. The minimum atomic E-state index is -1.05. The van der Waals surface area contributed by atoms with Gasteiger partial charge in [-0.05, 0) is 18.6 Å². The summed E-state index contributed by atoms with van der Waals surface area (Å²) in [5.74, 6) is -3.73. The van der Waals surface area contributed by atoms with E-state index in [-0.39, 0.29) is 29.8 Å². The Kier molecular flexibility index (Phi) is 2.92. The highest BCUT2D eigenvalue weighted by molar-refractivity contribution is 6.01. The third-order valence-electron chi connectivity index (χ3n) is 2.91. The smallest absolute Gasteiger partial charge is 0.309 e. The molecule has 0 heterocycles. The maximum absolute atomic E-state index is 13.5. The SMILES string of the molecule is COC(=O)C1CC(=O)c2ccc(F)c(F)c2C1. The van der Waals surface area contributed by atoms with Crippen molar-refractivity contribution in [2.24, 2.45) is 5.92 Å². The fourth-order valence-electron chi connectivity index (χ4n) is 2.04. The first-order valence-corrected chi connectivity index (χ1v) is 5.12. The summed E-state index contributed by atoms with van der Waals surface area (Å²) in [6, 6.07) is 2.17. The zero-order chi connectivity index (χ0) is 12.6. The molecule has 3 nitrogen and oxygen atoms in total. The first kappa shape index (κ1) is 11.7. The van der Waals surface area contributed by atoms with Gasteiger partial charge in [0, 0.05) is 17.5 Å². The van der Waals surface area contributed by atoms with Gasteiger partial charge in [-0.15, -0.1) is 0 Å². The number of carbonyl (C=O) groups is 2. The van der Waals surface area contributed by atoms with Crippen molar-refractivity contribution < 1.29 is 23.1 Å². The van der Waals surface area contributed by atoms with E-state index in [0.717, 1.165) is 6.07 Å². The Hall–Kier alpha value is -1.78. The molecular weight excluding hydrogens is 230 g/mol. The van der Waals surface area contributed by atoms with Crippen molar-refractivity contribution in [3.8, 4) is 0 Å². The maximum atomic E-state index is 13.5. The van der Waals surface area contributed by atoms with Gasteiger partial charge in [0.05, 0.1) is 13.0 Å². The van der Waals surface area contributed by atoms with E-state index in [9.17, 15) is 18.4 Å². The minimum Gasteiger partial charge on any atom is -0.469 e. The Bertz CT molecular complexity index is 497. The van der Waals surface area contributed by atoms with E-state index in [4.69, 9.17) is 0 Å². The molecule has 1 aliphatic rings. The highest BCUT2D eigenvalue weighted by atomic mass is 19.2. The van der Waals surface area contributed by atoms with E-state index in [1.54, 1.807) is 0 Å². The summed E-state index contributed by atoms with van der Waals surface area (Å²) < 4.78 is 31.1. The topological polar surface area (TPSA) is 43.4 Å². The molecule has 1 aliphatic carbocycles. The zero-order valence-electron chi connectivity index (χ0n) is 9.13. The van der Waals surface area contributed by atoms with Crippen LogP contribution in [0.15, 0.2) is 12.1 Å². The summed E-state index contributed by atoms with van der Waals surface area (Å²) in [5.41, 5.74) is 0.126. The Morgan fingerprint density at radius 3 is 2.71 bits per heavy atom. The predicted molar refractivity (Wildman–Crippen MR) is 54.5 cm³/mol. The van der Waals surface area contributed by atoms with Crippen LogP contribution in [0, 0.1) is 17.6 Å². The molecule has 0 saturated heterocycles. The van der Waals surface area contributed by atoms with E-state index in [2.05, 4.69) is 4.74 Å². The average molecular weight is 240 g/mol. The van der Waals surface area contributed by atoms with Gasteiger partial charge >= 0.3 is 5.97 Å². The number of benzene rings is 1. The summed E-state index contributed by atoms with van der Waals surface area (Å²) in [4.78, 5) is 23.0. The van der Waals surface area contributed by atoms with Crippen LogP contribution in [0.5, 0.6) is 0 Å². The second-order valence-corrected chi connectivity index (χ2v) is 3.94. The van der Waals surface area contributed by atoms with Crippen LogP contribution >= 0.6 is 0 Å². The monoisotopic (exact) mass is 240 g/mol. The minimum absolute atomic E-state index is 0.00264. The number of ether oxygens (including phenoxy) is 1. The van der Waals surface area contributed by atoms with Crippen molar-refractivity contribution >= 4 is 11.8 Å². The molecule has 0 aromatic heterocycles. The van der Waals surface area contributed by atoms with Crippen molar-refractivity contribution in [3.63, 3.8) is 0 Å². The van der Waals surface area contributed by atoms with Crippen LogP contribution in [-0.2, 0) is 16.0 Å². The number of halogens is 2. The van der Waals surface area contributed by atoms with E-state index >= 15 is 0 Å². The highest BCUT2D eigenvalue weighted by Crippen LogP contribution is 2.29. The van der Waals surface area contributed by atoms with Gasteiger partial charge in [0.15, 0.2) is 17.4 Å². The van der Waals surface area contributed by atoms with Crippen LogP contribution in [-0.4, -0.2) is 18.9 Å². The van der Waals surface area contributed by atoms with Crippen molar-refractivity contribution in [1.29, 1.82) is 0 Å². The fraction of sp³-hybridized carbons (Fsp3) is 0.333. The normalized spacial score (nSPS) is 18.8. The zero-order valence-corrected chi connectivity index (χ0v) is 9.13. The lowest BCUT2D eigenvalue weighted by Crippen LogP contribution is -2.28. The molecule has 1 aromatic carbocycles. The Morgan fingerprint density at radius 2 is 2.06 bits per heavy atom. The molecule has 0 N–H and O–H groups in total. The van der Waals surface area contributed by atoms with E-state index in [1.807, 2.05) is 0 Å². The van der Waals surface area contributed by atoms with Crippen LogP contribution in [0.25, 0.3) is 0 Å². The molecule has 90 valence electrons. The number of rotatable bonds is 1. The Balaban J connectivity index is 2.44. The van der Waals surface area contributed by atoms with Crippen molar-refractivity contribution in [1.82, 2.24) is 0 Å². The molecule has 0 bridgehead atoms. The molecule has 1 aromatic rings. The molecule has 0 amide bonds. The van der Waals surface area contributed by atoms with Crippen molar-refractivity contribution in [2.45, 2.75) is 12.8 Å². The number of hydrogen-bond acceptors (Lipinski definition) is 3. The molecule has 2 rings (SSSR count). The van der Waals surface area contributed by atoms with Gasteiger partial charge in [0.25, 0.3) is 0 Å². The van der Waals surface area contributed by atoms with E-state index in [1.165, 1.54) is 13.2 Å². The van der Waals surface area contributed by atoms with Crippen LogP contribution < -0.4 is 0 Å². The quantitative estimate of drug-likeness (QED) is 0.704. The summed E-state index contributed by atoms with van der Waals surface area (Å²) in [6.07, 6.45) is -0.0257. The van der Waals surface area contributed by atoms with Gasteiger partial charge in [0.2, 0.25) is 0 Å². The van der Waals surface area contributed by atoms with E-state index in [0.29, 0.717) is 0 Å². The predicted octanol–water partition coefficient (Wildman–Crippen LogP) is 1.88. The molecule has 0 aliphatic heterocycles. The van der Waals surface area contributed by atoms with Crippen molar-refractivity contribution in [2.75, 3.05) is 7.11 Å². The summed E-state index contributed by atoms with van der Waals surface area (Å²) in [7, 11) is 1.20. The lowest BCUT2D eigenvalue weighted by atomic mass is 9.82. The van der Waals surface area contributed by atoms with Gasteiger partial charge < -0.3 is 4.74 Å². The Morgan fingerprint density at radius 1 is 1.35 bits per heavy atom. The van der Waals surface area contributed by atoms with Gasteiger partial charge in [-0.25, -0.2) is 8.78 Å². The summed E-state index contributed by atoms with van der Waals surface area (Å²) >= 11 is 0.